The second-order valence-electron chi connectivity index (χ2n) is 5.60. The van der Waals surface area contributed by atoms with E-state index in [0.29, 0.717) is 6.04 Å². The van der Waals surface area contributed by atoms with Gasteiger partial charge in [0, 0.05) is 23.0 Å². The molecule has 0 amide bonds. The molecule has 0 aliphatic heterocycles. The zero-order valence-electron chi connectivity index (χ0n) is 11.8. The molecule has 0 spiro atoms. The van der Waals surface area contributed by atoms with Gasteiger partial charge in [-0.25, -0.2) is 4.39 Å². The van der Waals surface area contributed by atoms with Crippen LogP contribution >= 0.6 is 15.9 Å². The Labute approximate surface area is 128 Å². The summed E-state index contributed by atoms with van der Waals surface area (Å²) >= 11 is 3.38. The number of halogens is 2. The molecule has 1 aromatic rings. The number of benzene rings is 1. The maximum Gasteiger partial charge on any atom is 0.126 e. The van der Waals surface area contributed by atoms with Crippen LogP contribution in [0.15, 0.2) is 22.7 Å². The summed E-state index contributed by atoms with van der Waals surface area (Å²) in [6.07, 6.45) is 4.87. The maximum atomic E-state index is 13.7. The van der Waals surface area contributed by atoms with Crippen LogP contribution in [0.25, 0.3) is 0 Å². The number of hydrogen-bond donors (Lipinski definition) is 0. The second kappa shape index (κ2) is 7.19. The number of hydrogen-bond acceptors (Lipinski definition) is 2. The number of rotatable bonds is 4. The van der Waals surface area contributed by atoms with Gasteiger partial charge in [0.25, 0.3) is 0 Å². The predicted molar refractivity (Wildman–Crippen MR) is 81.8 cm³/mol. The molecule has 0 bridgehead atoms. The van der Waals surface area contributed by atoms with Gasteiger partial charge in [-0.15, -0.1) is 0 Å². The van der Waals surface area contributed by atoms with Crippen LogP contribution in [-0.2, 0) is 6.42 Å². The summed E-state index contributed by atoms with van der Waals surface area (Å²) in [7, 11) is 2.10. The van der Waals surface area contributed by atoms with Crippen molar-refractivity contribution in [1.29, 1.82) is 5.26 Å². The van der Waals surface area contributed by atoms with E-state index in [4.69, 9.17) is 5.26 Å². The average molecular weight is 339 g/mol. The number of nitrogens with zero attached hydrogens (tertiary/aromatic N) is 2. The molecule has 0 atom stereocenters. The Bertz CT molecular complexity index is 490. The van der Waals surface area contributed by atoms with E-state index >= 15 is 0 Å². The topological polar surface area (TPSA) is 27.0 Å². The Hall–Kier alpha value is -0.920. The first kappa shape index (κ1) is 15.5. The fourth-order valence-electron chi connectivity index (χ4n) is 2.86. The molecule has 0 unspecified atom stereocenters. The zero-order valence-corrected chi connectivity index (χ0v) is 13.4. The molecule has 0 radical (unpaired) electrons. The Balaban J connectivity index is 1.85. The molecule has 0 N–H and O–H groups in total. The fourth-order valence-corrected chi connectivity index (χ4v) is 3.27. The predicted octanol–water partition coefficient (Wildman–Crippen LogP) is 4.14. The van der Waals surface area contributed by atoms with Crippen molar-refractivity contribution in [3.63, 3.8) is 0 Å². The van der Waals surface area contributed by atoms with Gasteiger partial charge < -0.3 is 4.90 Å². The van der Waals surface area contributed by atoms with E-state index in [-0.39, 0.29) is 11.7 Å². The molecule has 108 valence electrons. The monoisotopic (exact) mass is 338 g/mol. The van der Waals surface area contributed by atoms with Crippen LogP contribution in [-0.4, -0.2) is 24.5 Å². The summed E-state index contributed by atoms with van der Waals surface area (Å²) in [4.78, 5) is 2.31. The Morgan fingerprint density at radius 2 is 2.05 bits per heavy atom. The van der Waals surface area contributed by atoms with Gasteiger partial charge in [0.1, 0.15) is 5.82 Å². The van der Waals surface area contributed by atoms with Gasteiger partial charge in [-0.3, -0.25) is 0 Å². The summed E-state index contributed by atoms with van der Waals surface area (Å²) in [5.74, 6) is 0.108. The first-order chi connectivity index (χ1) is 9.60. The van der Waals surface area contributed by atoms with E-state index in [1.165, 1.54) is 6.07 Å². The standard InChI is InChI=1S/C16H20BrFN2/c1-20(15-5-2-12(11-19)3-6-15)9-8-13-10-14(17)4-7-16(13)18/h4,7,10,12,15H,2-3,5-6,8-9H2,1H3. The van der Waals surface area contributed by atoms with Crippen LogP contribution in [0.3, 0.4) is 0 Å². The lowest BCUT2D eigenvalue weighted by Crippen LogP contribution is -2.36. The lowest BCUT2D eigenvalue weighted by atomic mass is 9.86. The van der Waals surface area contributed by atoms with Crippen molar-refractivity contribution < 1.29 is 4.39 Å². The van der Waals surface area contributed by atoms with Crippen LogP contribution in [0, 0.1) is 23.1 Å². The molecule has 1 aliphatic carbocycles. The second-order valence-corrected chi connectivity index (χ2v) is 6.52. The largest absolute Gasteiger partial charge is 0.303 e. The van der Waals surface area contributed by atoms with Crippen molar-refractivity contribution in [2.75, 3.05) is 13.6 Å². The minimum Gasteiger partial charge on any atom is -0.303 e. The van der Waals surface area contributed by atoms with Crippen LogP contribution in [0.4, 0.5) is 4.39 Å². The summed E-state index contributed by atoms with van der Waals surface area (Å²) in [5, 5.41) is 8.91. The normalized spacial score (nSPS) is 22.8. The Kier molecular flexibility index (Phi) is 5.56. The number of nitriles is 1. The van der Waals surface area contributed by atoms with Gasteiger partial charge >= 0.3 is 0 Å². The summed E-state index contributed by atoms with van der Waals surface area (Å²) in [6, 6.07) is 7.99. The molecule has 20 heavy (non-hydrogen) atoms. The zero-order chi connectivity index (χ0) is 14.5. The van der Waals surface area contributed by atoms with Gasteiger partial charge in [0.2, 0.25) is 0 Å². The molecular weight excluding hydrogens is 319 g/mol. The van der Waals surface area contributed by atoms with Gasteiger partial charge in [-0.1, -0.05) is 15.9 Å². The third-order valence-electron chi connectivity index (χ3n) is 4.24. The Morgan fingerprint density at radius 1 is 1.35 bits per heavy atom. The lowest BCUT2D eigenvalue weighted by molar-refractivity contribution is 0.180. The first-order valence-electron chi connectivity index (χ1n) is 7.14. The maximum absolute atomic E-state index is 13.7. The molecular formula is C16H20BrFN2. The molecule has 0 saturated heterocycles. The van der Waals surface area contributed by atoms with Gasteiger partial charge in [-0.2, -0.15) is 5.26 Å². The van der Waals surface area contributed by atoms with E-state index < -0.39 is 0 Å². The fraction of sp³-hybridized carbons (Fsp3) is 0.562. The smallest absolute Gasteiger partial charge is 0.126 e. The molecule has 0 heterocycles. The highest BCUT2D eigenvalue weighted by atomic mass is 79.9. The number of likely N-dealkylation sites (N-methyl/N-ethyl adjacent to an activating group) is 1. The molecule has 1 aromatic carbocycles. The minimum atomic E-state index is -0.130. The molecule has 4 heteroatoms. The first-order valence-corrected chi connectivity index (χ1v) is 7.93. The van der Waals surface area contributed by atoms with E-state index in [0.717, 1.165) is 48.7 Å². The SMILES string of the molecule is CN(CCc1cc(Br)ccc1F)C1CCC(C#N)CC1. The Morgan fingerprint density at radius 3 is 2.70 bits per heavy atom. The lowest BCUT2D eigenvalue weighted by Gasteiger charge is -2.32. The summed E-state index contributed by atoms with van der Waals surface area (Å²) in [6.45, 7) is 0.856. The van der Waals surface area contributed by atoms with Crippen LogP contribution in [0.1, 0.15) is 31.2 Å². The van der Waals surface area contributed by atoms with Gasteiger partial charge in [0.15, 0.2) is 0 Å². The molecule has 1 aliphatic rings. The molecule has 2 nitrogen and oxygen atoms in total. The molecule has 0 aromatic heterocycles. The third-order valence-corrected chi connectivity index (χ3v) is 4.74. The molecule has 2 rings (SSSR count). The highest BCUT2D eigenvalue weighted by molar-refractivity contribution is 9.10. The quantitative estimate of drug-likeness (QED) is 0.824. The molecule has 1 saturated carbocycles. The van der Waals surface area contributed by atoms with Gasteiger partial charge in [0.05, 0.1) is 6.07 Å². The van der Waals surface area contributed by atoms with Crippen LogP contribution in [0.5, 0.6) is 0 Å². The van der Waals surface area contributed by atoms with Crippen LogP contribution < -0.4 is 0 Å². The third kappa shape index (κ3) is 4.04. The van der Waals surface area contributed by atoms with Crippen molar-refractivity contribution in [2.24, 2.45) is 5.92 Å². The summed E-state index contributed by atoms with van der Waals surface area (Å²) in [5.41, 5.74) is 0.761. The van der Waals surface area contributed by atoms with E-state index in [1.54, 1.807) is 6.07 Å². The van der Waals surface area contributed by atoms with Crippen molar-refractivity contribution in [1.82, 2.24) is 4.90 Å². The van der Waals surface area contributed by atoms with Crippen molar-refractivity contribution in [3.05, 3.63) is 34.1 Å². The van der Waals surface area contributed by atoms with Gasteiger partial charge in [-0.05, 0) is 62.9 Å². The van der Waals surface area contributed by atoms with Crippen molar-refractivity contribution in [2.45, 2.75) is 38.1 Å². The van der Waals surface area contributed by atoms with Crippen LogP contribution in [0.2, 0.25) is 0 Å². The van der Waals surface area contributed by atoms with E-state index in [2.05, 4.69) is 33.9 Å². The molecule has 1 fully saturated rings. The van der Waals surface area contributed by atoms with E-state index in [9.17, 15) is 4.39 Å². The average Bonchev–Trinajstić information content (AvgIpc) is 2.48. The van der Waals surface area contributed by atoms with Crippen molar-refractivity contribution >= 4 is 15.9 Å². The highest BCUT2D eigenvalue weighted by Gasteiger charge is 2.23. The van der Waals surface area contributed by atoms with E-state index in [1.807, 2.05) is 6.07 Å². The minimum absolute atomic E-state index is 0.130. The van der Waals surface area contributed by atoms with Crippen molar-refractivity contribution in [3.8, 4) is 6.07 Å². The summed E-state index contributed by atoms with van der Waals surface area (Å²) < 4.78 is 14.6. The highest BCUT2D eigenvalue weighted by Crippen LogP contribution is 2.26.